The fourth-order valence-electron chi connectivity index (χ4n) is 3.99. The number of ether oxygens (including phenoxy) is 2. The molecule has 7 nitrogen and oxygen atoms in total. The predicted octanol–water partition coefficient (Wildman–Crippen LogP) is 4.82. The van der Waals surface area contributed by atoms with Gasteiger partial charge in [-0.2, -0.15) is 0 Å². The largest absolute Gasteiger partial charge is 0.506 e. The van der Waals surface area contributed by atoms with Crippen molar-refractivity contribution in [2.45, 2.75) is 39.8 Å². The average molecular weight is 636 g/mol. The summed E-state index contributed by atoms with van der Waals surface area (Å²) < 4.78 is 14.5. The lowest BCUT2D eigenvalue weighted by Gasteiger charge is -2.26. The molecule has 36 heavy (non-hydrogen) atoms. The Morgan fingerprint density at radius 1 is 1.28 bits per heavy atom. The molecular formula is C26H24Br2N2O5S. The van der Waals surface area contributed by atoms with E-state index in [0.717, 1.165) is 4.47 Å². The van der Waals surface area contributed by atoms with Gasteiger partial charge in [0, 0.05) is 15.6 Å². The van der Waals surface area contributed by atoms with Gasteiger partial charge in [0.1, 0.15) is 17.5 Å². The van der Waals surface area contributed by atoms with E-state index < -0.39 is 12.0 Å². The molecule has 0 radical (unpaired) electrons. The highest BCUT2D eigenvalue weighted by atomic mass is 79.9. The highest BCUT2D eigenvalue weighted by Gasteiger charge is 2.35. The normalized spacial score (nSPS) is 15.6. The third-order valence-electron chi connectivity index (χ3n) is 5.44. The van der Waals surface area contributed by atoms with Crippen LogP contribution in [0.3, 0.4) is 0 Å². The summed E-state index contributed by atoms with van der Waals surface area (Å²) in [4.78, 5) is 32.0. The predicted molar refractivity (Wildman–Crippen MR) is 146 cm³/mol. The molecule has 4 rings (SSSR count). The highest BCUT2D eigenvalue weighted by molar-refractivity contribution is 9.11. The molecule has 3 aromatic rings. The van der Waals surface area contributed by atoms with E-state index in [2.05, 4.69) is 36.9 Å². The maximum Gasteiger partial charge on any atom is 0.338 e. The van der Waals surface area contributed by atoms with Gasteiger partial charge in [0.15, 0.2) is 4.80 Å². The highest BCUT2D eigenvalue weighted by Crippen LogP contribution is 2.36. The standard InChI is InChI=1S/C26H24Br2N2O5S/c1-5-34-25(33)21-14(4)29-26-30(22(21)17-8-6-7-9-19(17)35-13(2)3)24(32)20(36-26)11-15-10-16(27)12-18(28)23(15)31/h6-13,22,31H,5H2,1-4H3/b20-11-/t22-/m0/s1. The van der Waals surface area contributed by atoms with Gasteiger partial charge in [-0.15, -0.1) is 0 Å². The number of allylic oxidation sites excluding steroid dienone is 1. The Morgan fingerprint density at radius 3 is 2.69 bits per heavy atom. The minimum absolute atomic E-state index is 0.0136. The molecule has 1 N–H and O–H groups in total. The van der Waals surface area contributed by atoms with E-state index in [1.165, 1.54) is 15.9 Å². The first-order valence-corrected chi connectivity index (χ1v) is 13.7. The van der Waals surface area contributed by atoms with E-state index in [1.807, 2.05) is 38.1 Å². The van der Waals surface area contributed by atoms with Crippen LogP contribution < -0.4 is 19.6 Å². The fourth-order valence-corrected chi connectivity index (χ4v) is 6.29. The van der Waals surface area contributed by atoms with Crippen LogP contribution in [0.15, 0.2) is 66.4 Å². The van der Waals surface area contributed by atoms with E-state index in [0.29, 0.717) is 36.4 Å². The lowest BCUT2D eigenvalue weighted by Crippen LogP contribution is -2.40. The van der Waals surface area contributed by atoms with Crippen molar-refractivity contribution in [3.8, 4) is 11.5 Å². The van der Waals surface area contributed by atoms with E-state index in [4.69, 9.17) is 9.47 Å². The summed E-state index contributed by atoms with van der Waals surface area (Å²) >= 11 is 7.93. The van der Waals surface area contributed by atoms with Crippen LogP contribution in [0.1, 0.15) is 44.9 Å². The minimum Gasteiger partial charge on any atom is -0.506 e. The number of benzene rings is 2. The summed E-state index contributed by atoms with van der Waals surface area (Å²) in [6.45, 7) is 7.49. The monoisotopic (exact) mass is 634 g/mol. The number of aromatic nitrogens is 1. The van der Waals surface area contributed by atoms with Crippen LogP contribution in [-0.2, 0) is 9.53 Å². The van der Waals surface area contributed by atoms with Crippen molar-refractivity contribution in [1.29, 1.82) is 0 Å². The number of halogens is 2. The maximum absolute atomic E-state index is 13.8. The van der Waals surface area contributed by atoms with Crippen molar-refractivity contribution in [3.63, 3.8) is 0 Å². The zero-order valence-electron chi connectivity index (χ0n) is 20.0. The number of hydrogen-bond donors (Lipinski definition) is 1. The van der Waals surface area contributed by atoms with Gasteiger partial charge >= 0.3 is 5.97 Å². The molecule has 10 heteroatoms. The average Bonchev–Trinajstić information content (AvgIpc) is 3.11. The second kappa shape index (κ2) is 10.7. The molecule has 1 atom stereocenters. The smallest absolute Gasteiger partial charge is 0.338 e. The van der Waals surface area contributed by atoms with Crippen LogP contribution in [-0.4, -0.2) is 28.4 Å². The molecular weight excluding hydrogens is 612 g/mol. The number of fused-ring (bicyclic) bond motifs is 1. The van der Waals surface area contributed by atoms with Gasteiger partial charge in [-0.25, -0.2) is 9.79 Å². The second-order valence-electron chi connectivity index (χ2n) is 8.33. The fraction of sp³-hybridized carbons (Fsp3) is 0.269. The van der Waals surface area contributed by atoms with Crippen molar-refractivity contribution >= 4 is 55.2 Å². The van der Waals surface area contributed by atoms with Gasteiger partial charge < -0.3 is 14.6 Å². The summed E-state index contributed by atoms with van der Waals surface area (Å²) in [5, 5.41) is 10.5. The van der Waals surface area contributed by atoms with Crippen molar-refractivity contribution in [2.24, 2.45) is 4.99 Å². The lowest BCUT2D eigenvalue weighted by molar-refractivity contribution is -0.139. The number of nitrogens with zero attached hydrogens (tertiary/aromatic N) is 2. The lowest BCUT2D eigenvalue weighted by atomic mass is 9.95. The minimum atomic E-state index is -0.791. The van der Waals surface area contributed by atoms with Crippen LogP contribution >= 0.6 is 43.2 Å². The molecule has 0 bridgehead atoms. The number of phenols is 1. The molecule has 0 saturated carbocycles. The van der Waals surface area contributed by atoms with E-state index >= 15 is 0 Å². The van der Waals surface area contributed by atoms with Crippen LogP contribution in [0.25, 0.3) is 6.08 Å². The first-order chi connectivity index (χ1) is 17.1. The third-order valence-corrected chi connectivity index (χ3v) is 7.48. The van der Waals surface area contributed by atoms with E-state index in [1.54, 1.807) is 32.1 Å². The van der Waals surface area contributed by atoms with Gasteiger partial charge in [-0.1, -0.05) is 45.5 Å². The summed E-state index contributed by atoms with van der Waals surface area (Å²) in [5.41, 5.74) is 1.53. The molecule has 0 saturated heterocycles. The van der Waals surface area contributed by atoms with E-state index in [9.17, 15) is 14.7 Å². The second-order valence-corrected chi connectivity index (χ2v) is 11.1. The number of carbonyl (C=O) groups is 1. The number of thiazole rings is 1. The van der Waals surface area contributed by atoms with Crippen LogP contribution in [0.2, 0.25) is 0 Å². The van der Waals surface area contributed by atoms with Gasteiger partial charge in [0.05, 0.1) is 33.0 Å². The van der Waals surface area contributed by atoms with Crippen molar-refractivity contribution < 1.29 is 19.4 Å². The molecule has 0 amide bonds. The third kappa shape index (κ3) is 5.07. The van der Waals surface area contributed by atoms with Crippen LogP contribution in [0, 0.1) is 0 Å². The Hall–Kier alpha value is -2.69. The number of rotatable bonds is 6. The molecule has 1 aliphatic rings. The zero-order chi connectivity index (χ0) is 26.1. The molecule has 0 spiro atoms. The van der Waals surface area contributed by atoms with Crippen LogP contribution in [0.4, 0.5) is 0 Å². The Labute approximate surface area is 228 Å². The van der Waals surface area contributed by atoms with Gasteiger partial charge in [0.2, 0.25) is 0 Å². The first-order valence-electron chi connectivity index (χ1n) is 11.3. The number of esters is 1. The number of aromatic hydroxyl groups is 1. The molecule has 0 aliphatic carbocycles. The SMILES string of the molecule is CCOC(=O)C1=C(C)N=c2s/c(=C\c3cc(Br)cc(Br)c3O)c(=O)n2[C@H]1c1ccccc1OC(C)C. The molecule has 188 valence electrons. The summed E-state index contributed by atoms with van der Waals surface area (Å²) in [6, 6.07) is 9.99. The topological polar surface area (TPSA) is 90.1 Å². The first kappa shape index (κ1) is 26.4. The number of para-hydroxylation sites is 1. The van der Waals surface area contributed by atoms with Gasteiger partial charge in [-0.05, 0) is 67.9 Å². The molecule has 1 aromatic heterocycles. The van der Waals surface area contributed by atoms with Crippen LogP contribution in [0.5, 0.6) is 11.5 Å². The van der Waals surface area contributed by atoms with Gasteiger partial charge in [0.25, 0.3) is 5.56 Å². The van der Waals surface area contributed by atoms with Crippen molar-refractivity contribution in [2.75, 3.05) is 6.61 Å². The quantitative estimate of drug-likeness (QED) is 0.393. The van der Waals surface area contributed by atoms with Crippen molar-refractivity contribution in [3.05, 3.63) is 87.4 Å². The Balaban J connectivity index is 2.01. The van der Waals surface area contributed by atoms with Crippen molar-refractivity contribution in [1.82, 2.24) is 4.57 Å². The van der Waals surface area contributed by atoms with Gasteiger partial charge in [-0.3, -0.25) is 9.36 Å². The molecule has 0 unspecified atom stereocenters. The molecule has 2 heterocycles. The summed E-state index contributed by atoms with van der Waals surface area (Å²) in [7, 11) is 0. The molecule has 0 fully saturated rings. The Morgan fingerprint density at radius 2 is 2.00 bits per heavy atom. The number of hydrogen-bond acceptors (Lipinski definition) is 7. The van der Waals surface area contributed by atoms with E-state index in [-0.39, 0.29) is 29.6 Å². The molecule has 2 aromatic carbocycles. The molecule has 1 aliphatic heterocycles. The number of phenolic OH excluding ortho intramolecular Hbond substituents is 1. The maximum atomic E-state index is 13.8. The summed E-state index contributed by atoms with van der Waals surface area (Å²) in [6.07, 6.45) is 1.50. The zero-order valence-corrected chi connectivity index (χ0v) is 24.0. The summed E-state index contributed by atoms with van der Waals surface area (Å²) in [5.74, 6) is 0.0442. The number of carbonyl (C=O) groups excluding carboxylic acids is 1. The Kier molecular flexibility index (Phi) is 7.87. The Bertz CT molecular complexity index is 1560.